The molecule has 86 valence electrons. The maximum Gasteiger partial charge on any atom is 0.117 e. The Kier molecular flexibility index (Phi) is 9.16. The number of halogens is 1. The van der Waals surface area contributed by atoms with Crippen LogP contribution in [0.4, 0.5) is 0 Å². The molecule has 0 amide bonds. The second kappa shape index (κ2) is 9.19. The molecule has 0 rings (SSSR count). The Morgan fingerprint density at radius 3 is 1.40 bits per heavy atom. The molecule has 0 nitrogen and oxygen atoms in total. The van der Waals surface area contributed by atoms with Gasteiger partial charge in [0.1, 0.15) is 8.35 Å². The monoisotopic (exact) mass is 258 g/mol. The number of hydrogen-bond donors (Lipinski definition) is 0. The smallest absolute Gasteiger partial charge is 0.117 e. The van der Waals surface area contributed by atoms with E-state index in [4.69, 9.17) is 11.1 Å². The summed E-state index contributed by atoms with van der Waals surface area (Å²) in [6.45, 7) is 11.4. The van der Waals surface area contributed by atoms with Crippen LogP contribution >= 0.6 is 11.1 Å². The lowest BCUT2D eigenvalue weighted by molar-refractivity contribution is 1.04. The van der Waals surface area contributed by atoms with Crippen LogP contribution < -0.4 is 0 Å². The van der Waals surface area contributed by atoms with E-state index in [0.29, 0.717) is 0 Å². The summed E-state index contributed by atoms with van der Waals surface area (Å²) in [7, 11) is -1.51. The van der Waals surface area contributed by atoms with Crippen LogP contribution in [0, 0.1) is 0 Å². The molecule has 3 heteroatoms. The van der Waals surface area contributed by atoms with E-state index in [-0.39, 0.29) is 8.35 Å². The van der Waals surface area contributed by atoms with Gasteiger partial charge in [-0.25, -0.2) is 0 Å². The van der Waals surface area contributed by atoms with E-state index in [0.717, 1.165) is 19.3 Å². The van der Waals surface area contributed by atoms with Gasteiger partial charge in [0.2, 0.25) is 0 Å². The first-order valence-electron chi connectivity index (χ1n) is 5.63. The minimum absolute atomic E-state index is 0.372. The third-order valence-corrected chi connectivity index (χ3v) is 17.5. The van der Waals surface area contributed by atoms with E-state index >= 15 is 0 Å². The summed E-state index contributed by atoms with van der Waals surface area (Å²) in [4.78, 5) is 0. The normalized spacial score (nSPS) is 11.8. The van der Waals surface area contributed by atoms with Gasteiger partial charge in [-0.15, -0.1) is 19.7 Å². The van der Waals surface area contributed by atoms with Crippen LogP contribution in [0.15, 0.2) is 38.0 Å². The van der Waals surface area contributed by atoms with Crippen LogP contribution in [-0.4, -0.2) is 15.9 Å². The van der Waals surface area contributed by atoms with Gasteiger partial charge >= 0.3 is 0 Å². The summed E-state index contributed by atoms with van der Waals surface area (Å²) in [5.41, 5.74) is 0. The van der Waals surface area contributed by atoms with Gasteiger partial charge in [0.15, 0.2) is 0 Å². The van der Waals surface area contributed by atoms with Crippen LogP contribution in [0.2, 0.25) is 18.1 Å². The van der Waals surface area contributed by atoms with E-state index < -0.39 is 7.59 Å². The standard InChI is InChI=1S/C12H23ClSi2/c1-4-7-10-15(14-13,11-8-5-2)12-9-6-3/h4-6H,1-3,7-12,14H2. The fraction of sp³-hybridized carbons (Fsp3) is 0.500. The van der Waals surface area contributed by atoms with Gasteiger partial charge in [0, 0.05) is 0 Å². The topological polar surface area (TPSA) is 0 Å². The van der Waals surface area contributed by atoms with Crippen LogP contribution in [0.1, 0.15) is 19.3 Å². The quantitative estimate of drug-likeness (QED) is 0.316. The lowest BCUT2D eigenvalue weighted by atomic mass is 10.5. The third kappa shape index (κ3) is 6.18. The number of allylic oxidation sites excluding steroid dienone is 3. The molecule has 0 fully saturated rings. The van der Waals surface area contributed by atoms with Crippen molar-refractivity contribution in [2.75, 3.05) is 0 Å². The van der Waals surface area contributed by atoms with E-state index in [9.17, 15) is 0 Å². The first kappa shape index (κ1) is 14.9. The average molecular weight is 259 g/mol. The Morgan fingerprint density at radius 1 is 0.867 bits per heavy atom. The van der Waals surface area contributed by atoms with Gasteiger partial charge in [0.05, 0.1) is 7.59 Å². The molecule has 0 aromatic heterocycles. The van der Waals surface area contributed by atoms with Gasteiger partial charge in [0.25, 0.3) is 0 Å². The molecule has 0 aromatic carbocycles. The molecule has 0 bridgehead atoms. The molecule has 0 aromatic rings. The molecule has 0 heterocycles. The van der Waals surface area contributed by atoms with Crippen molar-refractivity contribution in [2.45, 2.75) is 37.4 Å². The molecule has 0 radical (unpaired) electrons. The molecule has 0 aliphatic rings. The van der Waals surface area contributed by atoms with Gasteiger partial charge in [-0.2, -0.15) is 11.1 Å². The second-order valence-corrected chi connectivity index (χ2v) is 16.6. The summed E-state index contributed by atoms with van der Waals surface area (Å²) in [5, 5.41) is 0. The summed E-state index contributed by atoms with van der Waals surface area (Å²) >= 11 is 6.33. The molecular weight excluding hydrogens is 236 g/mol. The van der Waals surface area contributed by atoms with E-state index in [1.807, 2.05) is 18.2 Å². The first-order chi connectivity index (χ1) is 7.24. The molecule has 0 N–H and O–H groups in total. The average Bonchev–Trinajstić information content (AvgIpc) is 2.29. The van der Waals surface area contributed by atoms with Crippen LogP contribution in [-0.2, 0) is 0 Å². The van der Waals surface area contributed by atoms with Gasteiger partial charge < -0.3 is 0 Å². The zero-order chi connectivity index (χ0) is 11.6. The van der Waals surface area contributed by atoms with Crippen molar-refractivity contribution in [3.8, 4) is 0 Å². The minimum Gasteiger partial charge on any atom is -0.180 e. The molecule has 0 atom stereocenters. The zero-order valence-electron chi connectivity index (χ0n) is 9.68. The van der Waals surface area contributed by atoms with Crippen LogP contribution in [0.3, 0.4) is 0 Å². The Labute approximate surface area is 102 Å². The SMILES string of the molecule is C=CCC[Si](CCC=C)(CCC=C)[SiH2]Cl. The Bertz CT molecular complexity index is 171. The predicted molar refractivity (Wildman–Crippen MR) is 79.0 cm³/mol. The summed E-state index contributed by atoms with van der Waals surface area (Å²) in [6.07, 6.45) is 9.51. The molecule has 0 aliphatic carbocycles. The van der Waals surface area contributed by atoms with Gasteiger partial charge in [-0.05, 0) is 19.3 Å². The van der Waals surface area contributed by atoms with Gasteiger partial charge in [-0.3, -0.25) is 0 Å². The number of hydrogen-bond acceptors (Lipinski definition) is 0. The fourth-order valence-electron chi connectivity index (χ4n) is 1.80. The van der Waals surface area contributed by atoms with E-state index in [1.54, 1.807) is 0 Å². The highest BCUT2D eigenvalue weighted by Gasteiger charge is 2.29. The van der Waals surface area contributed by atoms with E-state index in [1.165, 1.54) is 18.1 Å². The van der Waals surface area contributed by atoms with Crippen molar-refractivity contribution < 1.29 is 0 Å². The maximum absolute atomic E-state index is 6.33. The highest BCUT2D eigenvalue weighted by molar-refractivity contribution is 7.41. The predicted octanol–water partition coefficient (Wildman–Crippen LogP) is 3.98. The third-order valence-electron chi connectivity index (χ3n) is 2.92. The van der Waals surface area contributed by atoms with Crippen LogP contribution in [0.25, 0.3) is 0 Å². The Hall–Kier alpha value is -0.0562. The molecule has 0 aliphatic heterocycles. The van der Waals surface area contributed by atoms with Crippen molar-refractivity contribution in [3.05, 3.63) is 38.0 Å². The first-order valence-corrected chi connectivity index (χ1v) is 12.7. The molecule has 0 saturated heterocycles. The second-order valence-electron chi connectivity index (χ2n) is 4.12. The van der Waals surface area contributed by atoms with Crippen molar-refractivity contribution >= 4 is 27.0 Å². The largest absolute Gasteiger partial charge is 0.180 e. The van der Waals surface area contributed by atoms with Crippen molar-refractivity contribution in [2.24, 2.45) is 0 Å². The molecule has 15 heavy (non-hydrogen) atoms. The van der Waals surface area contributed by atoms with E-state index in [2.05, 4.69) is 19.7 Å². The van der Waals surface area contributed by atoms with Crippen LogP contribution in [0.5, 0.6) is 0 Å². The van der Waals surface area contributed by atoms with Crippen molar-refractivity contribution in [1.82, 2.24) is 0 Å². The highest BCUT2D eigenvalue weighted by atomic mass is 35.6. The van der Waals surface area contributed by atoms with Gasteiger partial charge in [-0.1, -0.05) is 36.4 Å². The summed E-state index contributed by atoms with van der Waals surface area (Å²) in [5.74, 6) is 0. The summed E-state index contributed by atoms with van der Waals surface area (Å²) in [6, 6.07) is 3.98. The lowest BCUT2D eigenvalue weighted by Gasteiger charge is -2.28. The zero-order valence-corrected chi connectivity index (χ0v) is 12.9. The highest BCUT2D eigenvalue weighted by Crippen LogP contribution is 2.26. The number of rotatable bonds is 10. The molecular formula is C12H23ClSi2. The Balaban J connectivity index is 4.34. The lowest BCUT2D eigenvalue weighted by Crippen LogP contribution is -2.39. The molecule has 0 unspecified atom stereocenters. The summed E-state index contributed by atoms with van der Waals surface area (Å²) < 4.78 is 0. The molecule has 0 saturated carbocycles. The minimum atomic E-state index is -1.14. The molecule has 0 spiro atoms. The van der Waals surface area contributed by atoms with Crippen molar-refractivity contribution in [3.63, 3.8) is 0 Å². The van der Waals surface area contributed by atoms with Crippen molar-refractivity contribution in [1.29, 1.82) is 0 Å². The Morgan fingerprint density at radius 2 is 1.20 bits per heavy atom. The maximum atomic E-state index is 6.33. The fourth-order valence-corrected chi connectivity index (χ4v) is 12.0.